The predicted octanol–water partition coefficient (Wildman–Crippen LogP) is 3.82. The van der Waals surface area contributed by atoms with E-state index in [4.69, 9.17) is 0 Å². The summed E-state index contributed by atoms with van der Waals surface area (Å²) in [7, 11) is 0. The van der Waals surface area contributed by atoms with E-state index in [9.17, 15) is 4.79 Å². The number of anilines is 1. The summed E-state index contributed by atoms with van der Waals surface area (Å²) in [6, 6.07) is 0.347. The number of hydrogen-bond acceptors (Lipinski definition) is 3. The number of hydrogen-bond donors (Lipinski definition) is 1. The van der Waals surface area contributed by atoms with Crippen molar-refractivity contribution in [1.29, 1.82) is 0 Å². The number of aromatic nitrogens is 2. The summed E-state index contributed by atoms with van der Waals surface area (Å²) in [6.45, 7) is 11.5. The van der Waals surface area contributed by atoms with Crippen LogP contribution in [0.1, 0.15) is 59.7 Å². The maximum atomic E-state index is 12.6. The van der Waals surface area contributed by atoms with Crippen LogP contribution in [0.3, 0.4) is 0 Å². The van der Waals surface area contributed by atoms with Crippen LogP contribution in [0.25, 0.3) is 0 Å². The molecule has 2 aliphatic rings. The molecule has 1 saturated heterocycles. The van der Waals surface area contributed by atoms with Crippen LogP contribution in [0.5, 0.6) is 0 Å². The molecule has 1 aromatic heterocycles. The smallest absolute Gasteiger partial charge is 0.320 e. The van der Waals surface area contributed by atoms with Gasteiger partial charge in [0, 0.05) is 23.4 Å². The van der Waals surface area contributed by atoms with Crippen molar-refractivity contribution >= 4 is 11.7 Å². The molecule has 1 aliphatic carbocycles. The Morgan fingerprint density at radius 1 is 1.30 bits per heavy atom. The second-order valence-electron chi connectivity index (χ2n) is 8.51. The van der Waals surface area contributed by atoms with Gasteiger partial charge in [-0.1, -0.05) is 41.0 Å². The molecule has 1 aromatic rings. The van der Waals surface area contributed by atoms with Gasteiger partial charge in [-0.3, -0.25) is 0 Å². The number of carbonyl (C=O) groups excluding carboxylic acids is 1. The average molecular weight is 316 g/mol. The van der Waals surface area contributed by atoms with Crippen LogP contribution in [0.15, 0.2) is 12.4 Å². The van der Waals surface area contributed by atoms with Gasteiger partial charge in [-0.15, -0.1) is 0 Å². The summed E-state index contributed by atoms with van der Waals surface area (Å²) < 4.78 is 0. The summed E-state index contributed by atoms with van der Waals surface area (Å²) in [5.74, 6) is 1.28. The van der Waals surface area contributed by atoms with Crippen molar-refractivity contribution in [2.75, 3.05) is 11.9 Å². The third-order valence-corrected chi connectivity index (χ3v) is 5.26. The van der Waals surface area contributed by atoms with Gasteiger partial charge in [0.25, 0.3) is 0 Å². The van der Waals surface area contributed by atoms with Crippen molar-refractivity contribution in [1.82, 2.24) is 14.9 Å². The Hall–Kier alpha value is -1.65. The Kier molecular flexibility index (Phi) is 3.85. The van der Waals surface area contributed by atoms with E-state index < -0.39 is 0 Å². The van der Waals surface area contributed by atoms with Crippen LogP contribution in [-0.4, -0.2) is 33.5 Å². The topological polar surface area (TPSA) is 58.1 Å². The highest BCUT2D eigenvalue weighted by Crippen LogP contribution is 2.55. The zero-order valence-electron chi connectivity index (χ0n) is 14.9. The number of carbonyl (C=O) groups is 1. The van der Waals surface area contributed by atoms with Crippen molar-refractivity contribution in [3.8, 4) is 0 Å². The predicted molar refractivity (Wildman–Crippen MR) is 91.4 cm³/mol. The highest BCUT2D eigenvalue weighted by atomic mass is 16.2. The molecule has 1 saturated carbocycles. The summed E-state index contributed by atoms with van der Waals surface area (Å²) >= 11 is 0. The van der Waals surface area contributed by atoms with Crippen LogP contribution in [0.2, 0.25) is 0 Å². The van der Waals surface area contributed by atoms with E-state index >= 15 is 0 Å². The Morgan fingerprint density at radius 3 is 2.35 bits per heavy atom. The lowest BCUT2D eigenvalue weighted by Gasteiger charge is -2.63. The molecule has 0 aromatic carbocycles. The molecular formula is C18H28N4O. The third kappa shape index (κ3) is 2.81. The maximum absolute atomic E-state index is 12.6. The van der Waals surface area contributed by atoms with Gasteiger partial charge in [0.15, 0.2) is 0 Å². The Morgan fingerprint density at radius 2 is 1.91 bits per heavy atom. The molecular weight excluding hydrogens is 288 g/mol. The molecule has 2 amide bonds. The second-order valence-corrected chi connectivity index (χ2v) is 8.51. The largest absolute Gasteiger partial charge is 0.322 e. The quantitative estimate of drug-likeness (QED) is 0.902. The standard InChI is InChI=1S/C18H28N4O/c1-12(2)14-18(7-6-8-18)11-22(14)16(23)21-13-9-19-15(20-10-13)17(3,4)5/h9-10,12,14H,6-8,11H2,1-5H3,(H,21,23). The van der Waals surface area contributed by atoms with Crippen LogP contribution in [0.4, 0.5) is 10.5 Å². The van der Waals surface area contributed by atoms with E-state index in [1.54, 1.807) is 12.4 Å². The first-order valence-corrected chi connectivity index (χ1v) is 8.63. The van der Waals surface area contributed by atoms with Crippen molar-refractivity contribution in [3.05, 3.63) is 18.2 Å². The van der Waals surface area contributed by atoms with Gasteiger partial charge < -0.3 is 10.2 Å². The van der Waals surface area contributed by atoms with Gasteiger partial charge in [-0.05, 0) is 18.8 Å². The summed E-state index contributed by atoms with van der Waals surface area (Å²) in [4.78, 5) is 23.3. The molecule has 5 heteroatoms. The first-order valence-electron chi connectivity index (χ1n) is 8.63. The van der Waals surface area contributed by atoms with Gasteiger partial charge in [0.2, 0.25) is 0 Å². The van der Waals surface area contributed by atoms with E-state index in [-0.39, 0.29) is 11.4 Å². The van der Waals surface area contributed by atoms with Crippen molar-refractivity contribution in [3.63, 3.8) is 0 Å². The molecule has 5 nitrogen and oxygen atoms in total. The van der Waals surface area contributed by atoms with Gasteiger partial charge in [0.05, 0.1) is 18.1 Å². The molecule has 1 spiro atoms. The number of nitrogens with zero attached hydrogens (tertiary/aromatic N) is 3. The Balaban J connectivity index is 1.65. The average Bonchev–Trinajstić information content (AvgIpc) is 2.34. The lowest BCUT2D eigenvalue weighted by atomic mass is 9.55. The molecule has 2 heterocycles. The van der Waals surface area contributed by atoms with Crippen LogP contribution >= 0.6 is 0 Å². The van der Waals surface area contributed by atoms with E-state index in [0.717, 1.165) is 12.4 Å². The van der Waals surface area contributed by atoms with Crippen LogP contribution < -0.4 is 5.32 Å². The molecule has 0 radical (unpaired) electrons. The lowest BCUT2D eigenvalue weighted by molar-refractivity contribution is -0.114. The normalized spacial score (nSPS) is 22.7. The maximum Gasteiger partial charge on any atom is 0.322 e. The zero-order chi connectivity index (χ0) is 16.8. The lowest BCUT2D eigenvalue weighted by Crippen LogP contribution is -2.71. The Labute approximate surface area is 138 Å². The molecule has 2 fully saturated rings. The summed E-state index contributed by atoms with van der Waals surface area (Å²) in [5, 5.41) is 2.96. The van der Waals surface area contributed by atoms with Crippen LogP contribution in [-0.2, 0) is 5.41 Å². The van der Waals surface area contributed by atoms with E-state index in [1.165, 1.54) is 19.3 Å². The van der Waals surface area contributed by atoms with E-state index in [2.05, 4.69) is 49.9 Å². The number of likely N-dealkylation sites (tertiary alicyclic amines) is 1. The molecule has 23 heavy (non-hydrogen) atoms. The minimum atomic E-state index is -0.0840. The SMILES string of the molecule is CC(C)C1N(C(=O)Nc2cnc(C(C)(C)C)nc2)CC12CCC2. The van der Waals surface area contributed by atoms with E-state index in [1.807, 2.05) is 4.90 Å². The highest BCUT2D eigenvalue weighted by molar-refractivity contribution is 5.90. The highest BCUT2D eigenvalue weighted by Gasteiger charge is 2.58. The minimum absolute atomic E-state index is 0.0201. The third-order valence-electron chi connectivity index (χ3n) is 5.26. The van der Waals surface area contributed by atoms with E-state index in [0.29, 0.717) is 23.1 Å². The minimum Gasteiger partial charge on any atom is -0.320 e. The fourth-order valence-electron chi connectivity index (χ4n) is 4.07. The Bertz CT molecular complexity index is 584. The van der Waals surface area contributed by atoms with Gasteiger partial charge >= 0.3 is 6.03 Å². The summed E-state index contributed by atoms with van der Waals surface area (Å²) in [5.41, 5.74) is 0.984. The molecule has 3 rings (SSSR count). The van der Waals surface area contributed by atoms with Gasteiger partial charge in [-0.25, -0.2) is 14.8 Å². The molecule has 126 valence electrons. The molecule has 1 unspecified atom stereocenters. The van der Waals surface area contributed by atoms with Crippen molar-refractivity contribution in [2.24, 2.45) is 11.3 Å². The van der Waals surface area contributed by atoms with Crippen LogP contribution in [0, 0.1) is 11.3 Å². The zero-order valence-corrected chi connectivity index (χ0v) is 14.9. The first-order chi connectivity index (χ1) is 10.7. The van der Waals surface area contributed by atoms with Crippen molar-refractivity contribution in [2.45, 2.75) is 65.3 Å². The first kappa shape index (κ1) is 16.2. The molecule has 0 bridgehead atoms. The number of urea groups is 1. The summed E-state index contributed by atoms with van der Waals surface area (Å²) in [6.07, 6.45) is 7.25. The van der Waals surface area contributed by atoms with Gasteiger partial charge in [0.1, 0.15) is 5.82 Å². The monoisotopic (exact) mass is 316 g/mol. The number of rotatable bonds is 2. The molecule has 1 N–H and O–H groups in total. The number of nitrogens with one attached hydrogen (secondary N) is 1. The molecule has 1 aliphatic heterocycles. The van der Waals surface area contributed by atoms with Crippen molar-refractivity contribution < 1.29 is 4.79 Å². The fourth-order valence-corrected chi connectivity index (χ4v) is 4.07. The number of amides is 2. The second kappa shape index (κ2) is 5.46. The fraction of sp³-hybridized carbons (Fsp3) is 0.722. The van der Waals surface area contributed by atoms with Gasteiger partial charge in [-0.2, -0.15) is 0 Å². The molecule has 1 atom stereocenters.